The molecule has 0 saturated carbocycles. The number of rotatable bonds is 3. The van der Waals surface area contributed by atoms with E-state index in [0.29, 0.717) is 6.29 Å². The summed E-state index contributed by atoms with van der Waals surface area (Å²) in [5.74, 6) is 0. The quantitative estimate of drug-likeness (QED) is 0.283. The summed E-state index contributed by atoms with van der Waals surface area (Å²) >= 11 is 0. The maximum atomic E-state index is 9.53. The van der Waals surface area contributed by atoms with Gasteiger partial charge in [0.2, 0.25) is 0 Å². The molecule has 0 aliphatic rings. The highest BCUT2D eigenvalue weighted by Gasteiger charge is 1.60. The Labute approximate surface area is 42.4 Å². The highest BCUT2D eigenvalue weighted by atomic mass is 16.1. The summed E-state index contributed by atoms with van der Waals surface area (Å²) in [6.45, 7) is 0. The van der Waals surface area contributed by atoms with E-state index in [9.17, 15) is 4.79 Å². The Morgan fingerprint density at radius 1 is 1.57 bits per heavy atom. The topological polar surface area (TPSA) is 41.1 Å². The number of carbonyl (C=O) groups is 1. The van der Waals surface area contributed by atoms with Gasteiger partial charge in [0.05, 0.1) is 0 Å². The normalized spacial score (nSPS) is 9.29. The van der Waals surface area contributed by atoms with Gasteiger partial charge in [-0.05, 0) is 6.08 Å². The number of aldehydes is 1. The van der Waals surface area contributed by atoms with Crippen molar-refractivity contribution in [3.05, 3.63) is 12.3 Å². The molecule has 0 bridgehead atoms. The van der Waals surface area contributed by atoms with Crippen molar-refractivity contribution in [3.63, 3.8) is 0 Å². The highest BCUT2D eigenvalue weighted by molar-refractivity contribution is 5.64. The van der Waals surface area contributed by atoms with Crippen LogP contribution in [0.3, 0.4) is 0 Å². The van der Waals surface area contributed by atoms with E-state index >= 15 is 0 Å². The summed E-state index contributed by atoms with van der Waals surface area (Å²) in [6, 6.07) is 0. The van der Waals surface area contributed by atoms with Crippen molar-refractivity contribution in [3.8, 4) is 0 Å². The predicted molar refractivity (Wildman–Crippen MR) is 27.4 cm³/mol. The van der Waals surface area contributed by atoms with Crippen LogP contribution >= 0.6 is 0 Å². The number of hydrazine groups is 1. The van der Waals surface area contributed by atoms with Crippen molar-refractivity contribution in [1.29, 1.82) is 0 Å². The van der Waals surface area contributed by atoms with E-state index < -0.39 is 0 Å². The van der Waals surface area contributed by atoms with Crippen molar-refractivity contribution in [2.24, 2.45) is 0 Å². The first kappa shape index (κ1) is 6.17. The number of allylic oxidation sites excluding steroid dienone is 1. The molecule has 2 N–H and O–H groups in total. The molecular weight excluding hydrogens is 92.1 g/mol. The molecule has 0 radical (unpaired) electrons. The van der Waals surface area contributed by atoms with E-state index in [-0.39, 0.29) is 0 Å². The summed E-state index contributed by atoms with van der Waals surface area (Å²) in [5.41, 5.74) is 5.19. The Balaban J connectivity index is 2.92. The fourth-order valence-electron chi connectivity index (χ4n) is 0.171. The lowest BCUT2D eigenvalue weighted by molar-refractivity contribution is -0.104. The maximum absolute atomic E-state index is 9.53. The van der Waals surface area contributed by atoms with Crippen LogP contribution in [0.1, 0.15) is 0 Å². The largest absolute Gasteiger partial charge is 0.329 e. The van der Waals surface area contributed by atoms with Gasteiger partial charge >= 0.3 is 0 Å². The molecule has 0 aromatic heterocycles. The van der Waals surface area contributed by atoms with Crippen molar-refractivity contribution in [2.75, 3.05) is 7.05 Å². The Morgan fingerprint density at radius 3 is 2.71 bits per heavy atom. The number of nitrogens with one attached hydrogen (secondary N) is 2. The minimum absolute atomic E-state index is 0.699. The Kier molecular flexibility index (Phi) is 4.56. The zero-order chi connectivity index (χ0) is 5.54. The molecule has 0 saturated heterocycles. The number of hydrogen-bond donors (Lipinski definition) is 2. The van der Waals surface area contributed by atoms with Crippen LogP contribution in [-0.2, 0) is 4.79 Å². The van der Waals surface area contributed by atoms with Gasteiger partial charge in [-0.15, -0.1) is 0 Å². The van der Waals surface area contributed by atoms with Gasteiger partial charge in [-0.3, -0.25) is 4.79 Å². The Hall–Kier alpha value is -0.830. The SMILES string of the molecule is CNN/C=C\C=O. The van der Waals surface area contributed by atoms with E-state index in [2.05, 4.69) is 10.9 Å². The molecule has 0 aromatic carbocycles. The molecule has 0 rings (SSSR count). The number of hydrogen-bond acceptors (Lipinski definition) is 3. The standard InChI is InChI=1S/C4H8N2O/c1-5-6-3-2-4-7/h2-6H,1H3/b3-2-. The molecule has 3 heteroatoms. The molecule has 0 spiro atoms. The minimum atomic E-state index is 0.699. The van der Waals surface area contributed by atoms with Crippen LogP contribution in [-0.4, -0.2) is 13.3 Å². The molecule has 40 valence electrons. The second-order valence-corrected chi connectivity index (χ2v) is 0.890. The van der Waals surface area contributed by atoms with E-state index in [0.717, 1.165) is 0 Å². The average molecular weight is 100 g/mol. The van der Waals surface area contributed by atoms with Gasteiger partial charge in [-0.2, -0.15) is 0 Å². The molecule has 0 unspecified atom stereocenters. The minimum Gasteiger partial charge on any atom is -0.329 e. The van der Waals surface area contributed by atoms with Gasteiger partial charge in [0.25, 0.3) is 0 Å². The molecule has 0 aliphatic carbocycles. The first-order chi connectivity index (χ1) is 3.41. The van der Waals surface area contributed by atoms with Gasteiger partial charge in [0.1, 0.15) is 6.29 Å². The average Bonchev–Trinajstić information content (AvgIpc) is 1.69. The van der Waals surface area contributed by atoms with Gasteiger partial charge < -0.3 is 5.43 Å². The third-order valence-corrected chi connectivity index (χ3v) is 0.402. The van der Waals surface area contributed by atoms with Crippen LogP contribution in [0.4, 0.5) is 0 Å². The summed E-state index contributed by atoms with van der Waals surface area (Å²) in [7, 11) is 1.72. The fourth-order valence-corrected chi connectivity index (χ4v) is 0.171. The van der Waals surface area contributed by atoms with Crippen molar-refractivity contribution in [2.45, 2.75) is 0 Å². The molecule has 0 atom stereocenters. The van der Waals surface area contributed by atoms with E-state index in [1.165, 1.54) is 12.3 Å². The molecule has 0 amide bonds. The third-order valence-electron chi connectivity index (χ3n) is 0.402. The van der Waals surface area contributed by atoms with Crippen LogP contribution in [0, 0.1) is 0 Å². The molecule has 3 nitrogen and oxygen atoms in total. The van der Waals surface area contributed by atoms with Gasteiger partial charge in [-0.25, -0.2) is 5.43 Å². The molecular formula is C4H8N2O. The van der Waals surface area contributed by atoms with Crippen LogP contribution < -0.4 is 10.9 Å². The van der Waals surface area contributed by atoms with Crippen molar-refractivity contribution in [1.82, 2.24) is 10.9 Å². The fraction of sp³-hybridized carbons (Fsp3) is 0.250. The third kappa shape index (κ3) is 5.17. The first-order valence-corrected chi connectivity index (χ1v) is 1.94. The van der Waals surface area contributed by atoms with E-state index in [1.807, 2.05) is 0 Å². The smallest absolute Gasteiger partial charge is 0.144 e. The molecule has 0 aromatic rings. The zero-order valence-electron chi connectivity index (χ0n) is 4.14. The zero-order valence-corrected chi connectivity index (χ0v) is 4.14. The summed E-state index contributed by atoms with van der Waals surface area (Å²) < 4.78 is 0. The van der Waals surface area contributed by atoms with Crippen LogP contribution in [0.2, 0.25) is 0 Å². The Morgan fingerprint density at radius 2 is 2.29 bits per heavy atom. The molecule has 7 heavy (non-hydrogen) atoms. The molecule has 0 fully saturated rings. The second-order valence-electron chi connectivity index (χ2n) is 0.890. The van der Waals surface area contributed by atoms with Crippen LogP contribution in [0.15, 0.2) is 12.3 Å². The van der Waals surface area contributed by atoms with Gasteiger partial charge in [0.15, 0.2) is 0 Å². The summed E-state index contributed by atoms with van der Waals surface area (Å²) in [4.78, 5) is 9.53. The number of carbonyl (C=O) groups excluding carboxylic acids is 1. The summed E-state index contributed by atoms with van der Waals surface area (Å²) in [6.07, 6.45) is 3.56. The maximum Gasteiger partial charge on any atom is 0.144 e. The van der Waals surface area contributed by atoms with E-state index in [4.69, 9.17) is 0 Å². The van der Waals surface area contributed by atoms with Gasteiger partial charge in [-0.1, -0.05) is 0 Å². The lowest BCUT2D eigenvalue weighted by Crippen LogP contribution is -2.20. The second kappa shape index (κ2) is 5.17. The summed E-state index contributed by atoms with van der Waals surface area (Å²) in [5, 5.41) is 0. The molecule has 0 heterocycles. The molecule has 0 aliphatic heterocycles. The predicted octanol–water partition coefficient (Wildman–Crippen LogP) is -0.577. The van der Waals surface area contributed by atoms with Crippen molar-refractivity contribution < 1.29 is 4.79 Å². The first-order valence-electron chi connectivity index (χ1n) is 1.94. The highest BCUT2D eigenvalue weighted by Crippen LogP contribution is 1.51. The lowest BCUT2D eigenvalue weighted by atomic mass is 10.7. The van der Waals surface area contributed by atoms with Gasteiger partial charge in [0, 0.05) is 13.2 Å². The Bertz CT molecular complexity index is 70.1. The monoisotopic (exact) mass is 100 g/mol. The van der Waals surface area contributed by atoms with Crippen LogP contribution in [0.5, 0.6) is 0 Å². The van der Waals surface area contributed by atoms with Crippen molar-refractivity contribution >= 4 is 6.29 Å². The lowest BCUT2D eigenvalue weighted by Gasteiger charge is -1.88. The van der Waals surface area contributed by atoms with E-state index in [1.54, 1.807) is 7.05 Å². The van der Waals surface area contributed by atoms with Crippen LogP contribution in [0.25, 0.3) is 0 Å².